The van der Waals surface area contributed by atoms with Gasteiger partial charge in [0.2, 0.25) is 0 Å². The molecule has 3 aromatic carbocycles. The van der Waals surface area contributed by atoms with E-state index < -0.39 is 11.9 Å². The van der Waals surface area contributed by atoms with Crippen LogP contribution in [0.15, 0.2) is 79.1 Å². The van der Waals surface area contributed by atoms with E-state index in [1.54, 1.807) is 54.9 Å². The zero-order valence-electron chi connectivity index (χ0n) is 22.3. The van der Waals surface area contributed by atoms with Crippen molar-refractivity contribution in [3.8, 4) is 16.9 Å². The molecule has 0 saturated heterocycles. The van der Waals surface area contributed by atoms with Crippen molar-refractivity contribution in [1.29, 1.82) is 0 Å². The lowest BCUT2D eigenvalue weighted by atomic mass is 10.0. The summed E-state index contributed by atoms with van der Waals surface area (Å²) in [5, 5.41) is 22.6. The maximum atomic E-state index is 13.1. The van der Waals surface area contributed by atoms with Crippen LogP contribution in [0.3, 0.4) is 0 Å². The van der Waals surface area contributed by atoms with Gasteiger partial charge in [0.05, 0.1) is 31.5 Å². The van der Waals surface area contributed by atoms with Crippen LogP contribution in [0.5, 0.6) is 5.75 Å². The van der Waals surface area contributed by atoms with E-state index in [4.69, 9.17) is 4.74 Å². The molecule has 0 spiro atoms. The van der Waals surface area contributed by atoms with Gasteiger partial charge in [-0.05, 0) is 60.6 Å². The third kappa shape index (κ3) is 7.10. The molecule has 39 heavy (non-hydrogen) atoms. The third-order valence-electron chi connectivity index (χ3n) is 6.26. The fourth-order valence-electron chi connectivity index (χ4n) is 4.32. The summed E-state index contributed by atoms with van der Waals surface area (Å²) in [4.78, 5) is 28.1. The van der Waals surface area contributed by atoms with Crippen LogP contribution in [-0.2, 0) is 13.1 Å². The zero-order chi connectivity index (χ0) is 27.8. The van der Waals surface area contributed by atoms with Gasteiger partial charge in [0.15, 0.2) is 0 Å². The highest BCUT2D eigenvalue weighted by Gasteiger charge is 2.20. The summed E-state index contributed by atoms with van der Waals surface area (Å²) in [6, 6.07) is 19.5. The second kappa shape index (κ2) is 12.9. The number of hydrogen-bond acceptors (Lipinski definition) is 6. The van der Waals surface area contributed by atoms with Crippen molar-refractivity contribution in [2.45, 2.75) is 19.1 Å². The van der Waals surface area contributed by atoms with Gasteiger partial charge in [-0.15, -0.1) is 0 Å². The lowest BCUT2D eigenvalue weighted by molar-refractivity contribution is 0.0913. The predicted molar refractivity (Wildman–Crippen MR) is 149 cm³/mol. The quantitative estimate of drug-likeness (QED) is 0.237. The van der Waals surface area contributed by atoms with E-state index in [0.717, 1.165) is 23.2 Å². The normalized spacial score (nSPS) is 11.7. The Balaban J connectivity index is 1.44. The van der Waals surface area contributed by atoms with Gasteiger partial charge in [-0.3, -0.25) is 14.7 Å². The van der Waals surface area contributed by atoms with Gasteiger partial charge in [-0.1, -0.05) is 42.5 Å². The van der Waals surface area contributed by atoms with Crippen molar-refractivity contribution in [2.75, 3.05) is 27.8 Å². The number of hydrogen-bond donors (Lipinski definition) is 4. The van der Waals surface area contributed by atoms with Crippen LogP contribution in [0.1, 0.15) is 43.4 Å². The van der Waals surface area contributed by atoms with Gasteiger partial charge in [0.1, 0.15) is 5.75 Å². The molecule has 1 atom stereocenters. The molecule has 4 aromatic rings. The molecule has 4 N–H and O–H groups in total. The van der Waals surface area contributed by atoms with Gasteiger partial charge in [-0.2, -0.15) is 5.10 Å². The van der Waals surface area contributed by atoms with Crippen LogP contribution >= 0.6 is 0 Å². The largest absolute Gasteiger partial charge is 0.496 e. The summed E-state index contributed by atoms with van der Waals surface area (Å²) < 4.78 is 5.46. The SMILES string of the molecule is COc1cc(-c2cn[nH]c2)ccc1C(=O)N[C@H](CO)c1cccc(C(=O)NCc2cccc(CN(C)C)c2)c1. The minimum atomic E-state index is -0.716. The van der Waals surface area contributed by atoms with E-state index in [1.165, 1.54) is 12.7 Å². The number of carbonyl (C=O) groups is 2. The Kier molecular flexibility index (Phi) is 9.09. The van der Waals surface area contributed by atoms with E-state index in [9.17, 15) is 14.7 Å². The Hall–Kier alpha value is -4.47. The summed E-state index contributed by atoms with van der Waals surface area (Å²) in [5.41, 5.74) is 5.26. The molecule has 0 fully saturated rings. The molecule has 0 aliphatic rings. The van der Waals surface area contributed by atoms with Gasteiger partial charge in [0, 0.05) is 30.4 Å². The molecule has 0 aliphatic heterocycles. The number of aliphatic hydroxyl groups excluding tert-OH is 1. The average molecular weight is 528 g/mol. The predicted octanol–water partition coefficient (Wildman–Crippen LogP) is 3.54. The number of aromatic amines is 1. The number of benzene rings is 3. The summed E-state index contributed by atoms with van der Waals surface area (Å²) in [5.74, 6) is -0.253. The number of nitrogens with one attached hydrogen (secondary N) is 3. The molecular weight excluding hydrogens is 494 g/mol. The standard InChI is InChI=1S/C30H33N5O4/c1-35(2)18-21-7-4-6-20(12-21)15-31-29(37)24-9-5-8-23(13-24)27(19-36)34-30(38)26-11-10-22(14-28(26)39-3)25-16-32-33-17-25/h4-14,16-17,27,36H,15,18-19H2,1-3H3,(H,31,37)(H,32,33)(H,34,38)/t27-/m1/s1. The summed E-state index contributed by atoms with van der Waals surface area (Å²) in [7, 11) is 5.52. The zero-order valence-corrected chi connectivity index (χ0v) is 22.3. The lowest BCUT2D eigenvalue weighted by Gasteiger charge is -2.19. The molecule has 202 valence electrons. The maximum absolute atomic E-state index is 13.1. The molecule has 0 radical (unpaired) electrons. The van der Waals surface area contributed by atoms with E-state index in [2.05, 4.69) is 37.9 Å². The monoisotopic (exact) mass is 527 g/mol. The Morgan fingerprint density at radius 2 is 1.79 bits per heavy atom. The Bertz CT molecular complexity index is 1420. The number of nitrogens with zero attached hydrogens (tertiary/aromatic N) is 2. The fourth-order valence-corrected chi connectivity index (χ4v) is 4.32. The van der Waals surface area contributed by atoms with Gasteiger partial charge in [0.25, 0.3) is 11.8 Å². The summed E-state index contributed by atoms with van der Waals surface area (Å²) in [6.07, 6.45) is 3.43. The first kappa shape index (κ1) is 27.6. The molecule has 4 rings (SSSR count). The van der Waals surface area contributed by atoms with Crippen LogP contribution in [-0.4, -0.2) is 59.8 Å². The molecule has 1 aromatic heterocycles. The first-order valence-corrected chi connectivity index (χ1v) is 12.6. The van der Waals surface area contributed by atoms with Gasteiger partial charge < -0.3 is 25.4 Å². The smallest absolute Gasteiger partial charge is 0.255 e. The topological polar surface area (TPSA) is 120 Å². The molecule has 0 bridgehead atoms. The van der Waals surface area contributed by atoms with E-state index >= 15 is 0 Å². The van der Waals surface area contributed by atoms with Crippen molar-refractivity contribution < 1.29 is 19.4 Å². The second-order valence-corrected chi connectivity index (χ2v) is 9.48. The highest BCUT2D eigenvalue weighted by Crippen LogP contribution is 2.27. The van der Waals surface area contributed by atoms with Crippen LogP contribution in [0.25, 0.3) is 11.1 Å². The van der Waals surface area contributed by atoms with E-state index in [0.29, 0.717) is 29.0 Å². The number of H-pyrrole nitrogens is 1. The van der Waals surface area contributed by atoms with E-state index in [-0.39, 0.29) is 12.5 Å². The molecule has 0 aliphatic carbocycles. The maximum Gasteiger partial charge on any atom is 0.255 e. The molecule has 2 amide bonds. The number of rotatable bonds is 11. The number of aromatic nitrogens is 2. The molecule has 1 heterocycles. The number of ether oxygens (including phenoxy) is 1. The minimum absolute atomic E-state index is 0.241. The second-order valence-electron chi connectivity index (χ2n) is 9.48. The minimum Gasteiger partial charge on any atom is -0.496 e. The Labute approximate surface area is 227 Å². The average Bonchev–Trinajstić information content (AvgIpc) is 3.49. The Morgan fingerprint density at radius 3 is 2.51 bits per heavy atom. The number of aliphatic hydroxyl groups is 1. The first-order valence-electron chi connectivity index (χ1n) is 12.6. The molecule has 9 heteroatoms. The number of carbonyl (C=O) groups excluding carboxylic acids is 2. The van der Waals surface area contributed by atoms with Crippen LogP contribution in [0, 0.1) is 0 Å². The summed E-state index contributed by atoms with van der Waals surface area (Å²) in [6.45, 7) is 0.864. The third-order valence-corrected chi connectivity index (χ3v) is 6.26. The Morgan fingerprint density at radius 1 is 1.00 bits per heavy atom. The van der Waals surface area contributed by atoms with Gasteiger partial charge >= 0.3 is 0 Å². The fraction of sp³-hybridized carbons (Fsp3) is 0.233. The first-order chi connectivity index (χ1) is 18.9. The molecule has 0 unspecified atom stereocenters. The molecular formula is C30H33N5O4. The van der Waals surface area contributed by atoms with Crippen molar-refractivity contribution in [3.05, 3.63) is 107 Å². The summed E-state index contributed by atoms with van der Waals surface area (Å²) >= 11 is 0. The van der Waals surface area contributed by atoms with Gasteiger partial charge in [-0.25, -0.2) is 0 Å². The van der Waals surface area contributed by atoms with Crippen molar-refractivity contribution in [3.63, 3.8) is 0 Å². The molecule has 0 saturated carbocycles. The number of methoxy groups -OCH3 is 1. The number of amides is 2. The van der Waals surface area contributed by atoms with Crippen molar-refractivity contribution in [1.82, 2.24) is 25.7 Å². The van der Waals surface area contributed by atoms with E-state index in [1.807, 2.05) is 26.2 Å². The van der Waals surface area contributed by atoms with Crippen LogP contribution in [0.2, 0.25) is 0 Å². The highest BCUT2D eigenvalue weighted by atomic mass is 16.5. The van der Waals surface area contributed by atoms with Crippen molar-refractivity contribution in [2.24, 2.45) is 0 Å². The molecule has 9 nitrogen and oxygen atoms in total. The van der Waals surface area contributed by atoms with Crippen LogP contribution in [0.4, 0.5) is 0 Å². The van der Waals surface area contributed by atoms with Crippen LogP contribution < -0.4 is 15.4 Å². The highest BCUT2D eigenvalue weighted by molar-refractivity contribution is 5.98. The van der Waals surface area contributed by atoms with Crippen molar-refractivity contribution >= 4 is 11.8 Å². The lowest BCUT2D eigenvalue weighted by Crippen LogP contribution is -2.31.